The molecule has 22 heavy (non-hydrogen) atoms. The smallest absolute Gasteiger partial charge is 0.407 e. The van der Waals surface area contributed by atoms with Gasteiger partial charge in [-0.05, 0) is 36.1 Å². The van der Waals surface area contributed by atoms with Crippen LogP contribution in [0.5, 0.6) is 5.75 Å². The third-order valence-electron chi connectivity index (χ3n) is 4.10. The number of nitrogens with zero attached hydrogens (tertiary/aromatic N) is 2. The molecule has 1 fully saturated rings. The zero-order chi connectivity index (χ0) is 15.7. The van der Waals surface area contributed by atoms with E-state index in [0.717, 1.165) is 22.1 Å². The number of hydrogen-bond donors (Lipinski definition) is 2. The minimum atomic E-state index is -0.858. The topological polar surface area (TPSA) is 88.7 Å². The molecule has 1 aromatic heterocycles. The highest BCUT2D eigenvalue weighted by molar-refractivity contribution is 5.92. The van der Waals surface area contributed by atoms with Crippen molar-refractivity contribution in [3.63, 3.8) is 0 Å². The number of amides is 1. The number of benzene rings is 1. The number of anilines is 1. The Bertz CT molecular complexity index is 709. The second kappa shape index (κ2) is 5.71. The average molecular weight is 301 g/mol. The van der Waals surface area contributed by atoms with Crippen molar-refractivity contribution >= 4 is 22.7 Å². The molecule has 3 rings (SSSR count). The first kappa shape index (κ1) is 14.4. The van der Waals surface area contributed by atoms with Crippen LogP contribution < -0.4 is 10.5 Å². The van der Waals surface area contributed by atoms with Gasteiger partial charge in [-0.1, -0.05) is 0 Å². The van der Waals surface area contributed by atoms with Crippen molar-refractivity contribution < 1.29 is 14.6 Å². The highest BCUT2D eigenvalue weighted by Crippen LogP contribution is 2.29. The predicted octanol–water partition coefficient (Wildman–Crippen LogP) is 2.65. The number of nitrogens with two attached hydrogens (primary N) is 1. The Morgan fingerprint density at radius 2 is 2.14 bits per heavy atom. The van der Waals surface area contributed by atoms with E-state index in [2.05, 4.69) is 4.98 Å². The summed E-state index contributed by atoms with van der Waals surface area (Å²) in [7, 11) is 0. The van der Waals surface area contributed by atoms with Gasteiger partial charge in [0.1, 0.15) is 17.7 Å². The largest absolute Gasteiger partial charge is 0.490 e. The second-order valence-corrected chi connectivity index (χ2v) is 5.62. The van der Waals surface area contributed by atoms with Crippen molar-refractivity contribution in [2.45, 2.75) is 25.9 Å². The normalized spacial score (nSPS) is 16.0. The number of hydrogen-bond acceptors (Lipinski definition) is 4. The number of pyridine rings is 1. The molecule has 0 radical (unpaired) electrons. The fourth-order valence-corrected chi connectivity index (χ4v) is 2.80. The van der Waals surface area contributed by atoms with Crippen LogP contribution in [0.25, 0.3) is 10.8 Å². The molecule has 1 aromatic carbocycles. The predicted molar refractivity (Wildman–Crippen MR) is 84.1 cm³/mol. The Balaban J connectivity index is 1.77. The molecule has 3 N–H and O–H groups in total. The standard InChI is InChI=1S/C16H19N3O3/c1-10-8-13-11(2-5-18-15(13)17)9-14(10)22-12-3-6-19(7-4-12)16(20)21/h2,5,8-9,12H,3-4,6-7H2,1H3,(H2,17,18)(H,20,21). The van der Waals surface area contributed by atoms with Crippen LogP contribution in [0.3, 0.4) is 0 Å². The monoisotopic (exact) mass is 301 g/mol. The highest BCUT2D eigenvalue weighted by Gasteiger charge is 2.23. The van der Waals surface area contributed by atoms with E-state index in [1.165, 1.54) is 4.90 Å². The van der Waals surface area contributed by atoms with Gasteiger partial charge in [-0.2, -0.15) is 0 Å². The molecule has 0 unspecified atom stereocenters. The van der Waals surface area contributed by atoms with Crippen molar-refractivity contribution in [1.29, 1.82) is 0 Å². The van der Waals surface area contributed by atoms with E-state index < -0.39 is 6.09 Å². The first-order valence-corrected chi connectivity index (χ1v) is 7.34. The van der Waals surface area contributed by atoms with Gasteiger partial charge in [-0.15, -0.1) is 0 Å². The van der Waals surface area contributed by atoms with E-state index in [1.807, 2.05) is 25.1 Å². The summed E-state index contributed by atoms with van der Waals surface area (Å²) in [4.78, 5) is 16.4. The van der Waals surface area contributed by atoms with Crippen LogP contribution in [-0.4, -0.2) is 40.3 Å². The Labute approximate surface area is 128 Å². The fourth-order valence-electron chi connectivity index (χ4n) is 2.80. The molecule has 0 bridgehead atoms. The van der Waals surface area contributed by atoms with Crippen molar-refractivity contribution in [2.24, 2.45) is 0 Å². The molecule has 1 saturated heterocycles. The molecule has 1 aliphatic rings. The third kappa shape index (κ3) is 2.77. The van der Waals surface area contributed by atoms with Crippen molar-refractivity contribution in [1.82, 2.24) is 9.88 Å². The Hall–Kier alpha value is -2.50. The van der Waals surface area contributed by atoms with Crippen LogP contribution in [-0.2, 0) is 0 Å². The van der Waals surface area contributed by atoms with Gasteiger partial charge in [-0.3, -0.25) is 0 Å². The lowest BCUT2D eigenvalue weighted by Crippen LogP contribution is -2.41. The molecule has 6 nitrogen and oxygen atoms in total. The molecule has 0 aliphatic carbocycles. The number of nitrogen functional groups attached to an aromatic ring is 1. The van der Waals surface area contributed by atoms with Crippen LogP contribution in [0.4, 0.5) is 10.6 Å². The van der Waals surface area contributed by atoms with Gasteiger partial charge in [0, 0.05) is 37.5 Å². The average Bonchev–Trinajstić information content (AvgIpc) is 2.50. The van der Waals surface area contributed by atoms with Crippen molar-refractivity contribution in [2.75, 3.05) is 18.8 Å². The number of carboxylic acid groups (broad SMARTS) is 1. The maximum Gasteiger partial charge on any atom is 0.407 e. The van der Waals surface area contributed by atoms with E-state index in [9.17, 15) is 4.79 Å². The lowest BCUT2D eigenvalue weighted by atomic mass is 10.1. The summed E-state index contributed by atoms with van der Waals surface area (Å²) in [6.07, 6.45) is 2.29. The molecule has 2 heterocycles. The summed E-state index contributed by atoms with van der Waals surface area (Å²) in [6, 6.07) is 5.87. The van der Waals surface area contributed by atoms with Gasteiger partial charge in [-0.25, -0.2) is 9.78 Å². The number of aromatic nitrogens is 1. The number of aryl methyl sites for hydroxylation is 1. The Kier molecular flexibility index (Phi) is 3.75. The molecule has 1 aliphatic heterocycles. The van der Waals surface area contributed by atoms with Crippen LogP contribution in [0.2, 0.25) is 0 Å². The Morgan fingerprint density at radius 3 is 2.82 bits per heavy atom. The van der Waals surface area contributed by atoms with E-state index in [1.54, 1.807) is 6.20 Å². The lowest BCUT2D eigenvalue weighted by Gasteiger charge is -2.30. The summed E-state index contributed by atoms with van der Waals surface area (Å²) in [5.74, 6) is 1.34. The van der Waals surface area contributed by atoms with Gasteiger partial charge >= 0.3 is 6.09 Å². The van der Waals surface area contributed by atoms with Crippen LogP contribution in [0, 0.1) is 6.92 Å². The first-order valence-electron chi connectivity index (χ1n) is 7.34. The van der Waals surface area contributed by atoms with Gasteiger partial charge in [0.25, 0.3) is 0 Å². The third-order valence-corrected chi connectivity index (χ3v) is 4.10. The van der Waals surface area contributed by atoms with Crippen molar-refractivity contribution in [3.05, 3.63) is 30.0 Å². The van der Waals surface area contributed by atoms with Gasteiger partial charge in [0.05, 0.1) is 0 Å². The maximum atomic E-state index is 10.9. The number of rotatable bonds is 2. The number of likely N-dealkylation sites (tertiary alicyclic amines) is 1. The minimum absolute atomic E-state index is 0.0472. The first-order chi connectivity index (χ1) is 10.5. The Morgan fingerprint density at radius 1 is 1.41 bits per heavy atom. The fraction of sp³-hybridized carbons (Fsp3) is 0.375. The SMILES string of the molecule is Cc1cc2c(N)nccc2cc1OC1CCN(C(=O)O)CC1. The maximum absolute atomic E-state index is 10.9. The minimum Gasteiger partial charge on any atom is -0.490 e. The quantitative estimate of drug-likeness (QED) is 0.890. The van der Waals surface area contributed by atoms with E-state index in [0.29, 0.717) is 31.7 Å². The molecular formula is C16H19N3O3. The highest BCUT2D eigenvalue weighted by atomic mass is 16.5. The molecular weight excluding hydrogens is 282 g/mol. The molecule has 0 saturated carbocycles. The number of fused-ring (bicyclic) bond motifs is 1. The number of piperidine rings is 1. The molecule has 0 spiro atoms. The van der Waals surface area contributed by atoms with Crippen molar-refractivity contribution in [3.8, 4) is 5.75 Å². The zero-order valence-corrected chi connectivity index (χ0v) is 12.5. The van der Waals surface area contributed by atoms with Gasteiger partial charge in [0.15, 0.2) is 0 Å². The van der Waals surface area contributed by atoms with Gasteiger partial charge in [0.2, 0.25) is 0 Å². The lowest BCUT2D eigenvalue weighted by molar-refractivity contribution is 0.0892. The number of carbonyl (C=O) groups is 1. The van der Waals surface area contributed by atoms with Crippen LogP contribution in [0.1, 0.15) is 18.4 Å². The van der Waals surface area contributed by atoms with Gasteiger partial charge < -0.3 is 20.5 Å². The summed E-state index contributed by atoms with van der Waals surface area (Å²) in [6.45, 7) is 3.01. The van der Waals surface area contributed by atoms with Crippen LogP contribution in [0.15, 0.2) is 24.4 Å². The second-order valence-electron chi connectivity index (χ2n) is 5.62. The van der Waals surface area contributed by atoms with E-state index >= 15 is 0 Å². The molecule has 116 valence electrons. The molecule has 2 aromatic rings. The summed E-state index contributed by atoms with van der Waals surface area (Å²) in [5, 5.41) is 10.9. The van der Waals surface area contributed by atoms with Crippen LogP contribution >= 0.6 is 0 Å². The zero-order valence-electron chi connectivity index (χ0n) is 12.5. The number of ether oxygens (including phenoxy) is 1. The molecule has 0 atom stereocenters. The van der Waals surface area contributed by atoms with E-state index in [-0.39, 0.29) is 6.10 Å². The summed E-state index contributed by atoms with van der Waals surface area (Å²) < 4.78 is 6.08. The summed E-state index contributed by atoms with van der Waals surface area (Å²) >= 11 is 0. The molecule has 6 heteroatoms. The van der Waals surface area contributed by atoms with E-state index in [4.69, 9.17) is 15.6 Å². The molecule has 1 amide bonds. The summed E-state index contributed by atoms with van der Waals surface area (Å²) in [5.41, 5.74) is 6.90.